The van der Waals surface area contributed by atoms with E-state index in [4.69, 9.17) is 4.52 Å². The van der Waals surface area contributed by atoms with Gasteiger partial charge in [-0.1, -0.05) is 33.2 Å². The molecular formula is C19H18BrFN4O. The third kappa shape index (κ3) is 3.83. The van der Waals surface area contributed by atoms with E-state index < -0.39 is 0 Å². The monoisotopic (exact) mass is 416 g/mol. The summed E-state index contributed by atoms with van der Waals surface area (Å²) in [6.07, 6.45) is 3.55. The van der Waals surface area contributed by atoms with Gasteiger partial charge in [-0.15, -0.1) is 0 Å². The lowest BCUT2D eigenvalue weighted by molar-refractivity contribution is 0.186. The molecule has 1 aliphatic heterocycles. The van der Waals surface area contributed by atoms with Gasteiger partial charge in [0.1, 0.15) is 11.5 Å². The van der Waals surface area contributed by atoms with Gasteiger partial charge in [-0.25, -0.2) is 4.39 Å². The van der Waals surface area contributed by atoms with Crippen LogP contribution in [0.15, 0.2) is 51.6 Å². The van der Waals surface area contributed by atoms with E-state index >= 15 is 0 Å². The highest BCUT2D eigenvalue weighted by atomic mass is 79.9. The summed E-state index contributed by atoms with van der Waals surface area (Å²) in [6.45, 7) is 2.37. The summed E-state index contributed by atoms with van der Waals surface area (Å²) in [5.41, 5.74) is 1.44. The fourth-order valence-electron chi connectivity index (χ4n) is 3.23. The van der Waals surface area contributed by atoms with Crippen LogP contribution in [0.3, 0.4) is 0 Å². The average molecular weight is 417 g/mol. The Morgan fingerprint density at radius 3 is 2.77 bits per heavy atom. The summed E-state index contributed by atoms with van der Waals surface area (Å²) < 4.78 is 20.2. The van der Waals surface area contributed by atoms with E-state index in [9.17, 15) is 4.39 Å². The van der Waals surface area contributed by atoms with Crippen molar-refractivity contribution in [3.8, 4) is 11.5 Å². The third-order valence-corrected chi connectivity index (χ3v) is 5.17. The molecule has 4 rings (SSSR count). The Bertz CT molecular complexity index is 878. The van der Waals surface area contributed by atoms with Gasteiger partial charge >= 0.3 is 0 Å². The molecule has 0 aliphatic carbocycles. The number of hydrogen-bond donors (Lipinski definition) is 0. The Labute approximate surface area is 159 Å². The summed E-state index contributed by atoms with van der Waals surface area (Å²) in [4.78, 5) is 11.0. The van der Waals surface area contributed by atoms with E-state index in [0.717, 1.165) is 36.0 Å². The normalized spacial score (nSPS) is 16.1. The molecule has 0 atom stereocenters. The van der Waals surface area contributed by atoms with Gasteiger partial charge in [0.15, 0.2) is 0 Å². The number of likely N-dealkylation sites (tertiary alicyclic amines) is 1. The number of nitrogens with zero attached hydrogens (tertiary/aromatic N) is 4. The van der Waals surface area contributed by atoms with E-state index in [1.165, 1.54) is 6.07 Å². The van der Waals surface area contributed by atoms with E-state index in [1.807, 2.05) is 30.3 Å². The fourth-order valence-corrected chi connectivity index (χ4v) is 3.56. The second kappa shape index (κ2) is 7.63. The predicted octanol–water partition coefficient (Wildman–Crippen LogP) is 4.41. The molecule has 134 valence electrons. The number of rotatable bonds is 4. The molecule has 1 fully saturated rings. The minimum atomic E-state index is -0.168. The van der Waals surface area contributed by atoms with Gasteiger partial charge < -0.3 is 4.52 Å². The zero-order chi connectivity index (χ0) is 17.9. The Balaban J connectivity index is 1.37. The lowest BCUT2D eigenvalue weighted by atomic mass is 9.96. The Morgan fingerprint density at radius 1 is 1.19 bits per heavy atom. The van der Waals surface area contributed by atoms with E-state index in [2.05, 4.69) is 36.0 Å². The summed E-state index contributed by atoms with van der Waals surface area (Å²) >= 11 is 3.29. The molecule has 0 N–H and O–H groups in total. The SMILES string of the molecule is Fc1cc(Br)ccc1CN1CCC(c2nc(-c3ccccn3)no2)CC1. The molecule has 3 aromatic rings. The highest BCUT2D eigenvalue weighted by molar-refractivity contribution is 9.10. The predicted molar refractivity (Wildman–Crippen MR) is 98.9 cm³/mol. The van der Waals surface area contributed by atoms with Crippen LogP contribution in [0.5, 0.6) is 0 Å². The molecule has 0 amide bonds. The van der Waals surface area contributed by atoms with Crippen molar-refractivity contribution in [1.29, 1.82) is 0 Å². The first-order valence-corrected chi connectivity index (χ1v) is 9.39. The minimum absolute atomic E-state index is 0.168. The van der Waals surface area contributed by atoms with E-state index in [-0.39, 0.29) is 11.7 Å². The second-order valence-electron chi connectivity index (χ2n) is 6.46. The molecule has 0 bridgehead atoms. The Hall–Kier alpha value is -2.12. The number of hydrogen-bond acceptors (Lipinski definition) is 5. The van der Waals surface area contributed by atoms with Crippen molar-refractivity contribution < 1.29 is 8.91 Å². The van der Waals surface area contributed by atoms with Crippen LogP contribution in [0.4, 0.5) is 4.39 Å². The van der Waals surface area contributed by atoms with Gasteiger partial charge in [-0.05, 0) is 50.2 Å². The van der Waals surface area contributed by atoms with E-state index in [1.54, 1.807) is 6.20 Å². The van der Waals surface area contributed by atoms with Crippen LogP contribution in [0.25, 0.3) is 11.5 Å². The van der Waals surface area contributed by atoms with Gasteiger partial charge in [-0.2, -0.15) is 4.98 Å². The van der Waals surface area contributed by atoms with E-state index in [0.29, 0.717) is 24.0 Å². The molecule has 5 nitrogen and oxygen atoms in total. The van der Waals surface area contributed by atoms with Crippen LogP contribution >= 0.6 is 15.9 Å². The number of halogens is 2. The van der Waals surface area contributed by atoms with Crippen LogP contribution in [-0.2, 0) is 6.54 Å². The van der Waals surface area contributed by atoms with Crippen LogP contribution in [0.1, 0.15) is 30.2 Å². The van der Waals surface area contributed by atoms with Crippen LogP contribution in [0, 0.1) is 5.82 Å². The fraction of sp³-hybridized carbons (Fsp3) is 0.316. The van der Waals surface area contributed by atoms with Gasteiger partial charge in [0.2, 0.25) is 11.7 Å². The molecule has 7 heteroatoms. The van der Waals surface area contributed by atoms with Gasteiger partial charge in [0, 0.05) is 28.7 Å². The van der Waals surface area contributed by atoms with Crippen molar-refractivity contribution in [2.24, 2.45) is 0 Å². The molecule has 1 saturated heterocycles. The minimum Gasteiger partial charge on any atom is -0.339 e. The van der Waals surface area contributed by atoms with Crippen molar-refractivity contribution in [1.82, 2.24) is 20.0 Å². The number of aromatic nitrogens is 3. The summed E-state index contributed by atoms with van der Waals surface area (Å²) in [5, 5.41) is 4.05. The Kier molecular flexibility index (Phi) is 5.08. The molecule has 0 spiro atoms. The molecule has 1 aliphatic rings. The maximum Gasteiger partial charge on any atom is 0.230 e. The van der Waals surface area contributed by atoms with Crippen molar-refractivity contribution in [2.75, 3.05) is 13.1 Å². The molecule has 3 heterocycles. The topological polar surface area (TPSA) is 55.1 Å². The smallest absolute Gasteiger partial charge is 0.230 e. The van der Waals surface area contributed by atoms with Crippen molar-refractivity contribution >= 4 is 15.9 Å². The zero-order valence-electron chi connectivity index (χ0n) is 14.1. The summed E-state index contributed by atoms with van der Waals surface area (Å²) in [5.74, 6) is 1.27. The number of benzene rings is 1. The van der Waals surface area contributed by atoms with Gasteiger partial charge in [0.25, 0.3) is 0 Å². The highest BCUT2D eigenvalue weighted by Gasteiger charge is 2.26. The number of pyridine rings is 1. The third-order valence-electron chi connectivity index (χ3n) is 4.68. The highest BCUT2D eigenvalue weighted by Crippen LogP contribution is 2.29. The molecular weight excluding hydrogens is 399 g/mol. The molecule has 0 saturated carbocycles. The maximum atomic E-state index is 14.0. The lowest BCUT2D eigenvalue weighted by Gasteiger charge is -2.30. The summed E-state index contributed by atoms with van der Waals surface area (Å²) in [6, 6.07) is 10.8. The van der Waals surface area contributed by atoms with Crippen molar-refractivity contribution in [3.63, 3.8) is 0 Å². The lowest BCUT2D eigenvalue weighted by Crippen LogP contribution is -2.32. The first-order valence-electron chi connectivity index (χ1n) is 8.60. The quantitative estimate of drug-likeness (QED) is 0.630. The molecule has 0 unspecified atom stereocenters. The second-order valence-corrected chi connectivity index (χ2v) is 7.37. The standard InChI is InChI=1S/C19H18BrFN4O/c20-15-5-4-14(16(21)11-15)12-25-9-6-13(7-10-25)19-23-18(24-26-19)17-3-1-2-8-22-17/h1-5,8,11,13H,6-7,9-10,12H2. The van der Waals surface area contributed by atoms with Gasteiger partial charge in [-0.3, -0.25) is 9.88 Å². The van der Waals surface area contributed by atoms with Crippen LogP contribution in [-0.4, -0.2) is 33.1 Å². The summed E-state index contributed by atoms with van der Waals surface area (Å²) in [7, 11) is 0. The molecule has 26 heavy (non-hydrogen) atoms. The molecule has 0 radical (unpaired) electrons. The Morgan fingerprint density at radius 2 is 2.04 bits per heavy atom. The van der Waals surface area contributed by atoms with Gasteiger partial charge in [0.05, 0.1) is 0 Å². The first kappa shape index (κ1) is 17.3. The van der Waals surface area contributed by atoms with Crippen molar-refractivity contribution in [2.45, 2.75) is 25.3 Å². The molecule has 2 aromatic heterocycles. The van der Waals surface area contributed by atoms with Crippen molar-refractivity contribution in [3.05, 3.63) is 64.3 Å². The van der Waals surface area contributed by atoms with Crippen LogP contribution in [0.2, 0.25) is 0 Å². The van der Waals surface area contributed by atoms with Crippen LogP contribution < -0.4 is 0 Å². The number of piperidine rings is 1. The zero-order valence-corrected chi connectivity index (χ0v) is 15.7. The largest absolute Gasteiger partial charge is 0.339 e. The average Bonchev–Trinajstić information content (AvgIpc) is 3.16. The maximum absolute atomic E-state index is 14.0. The molecule has 1 aromatic carbocycles. The first-order chi connectivity index (χ1) is 12.7.